The Morgan fingerprint density at radius 1 is 0.655 bits per heavy atom. The summed E-state index contributed by atoms with van der Waals surface area (Å²) in [5.74, 6) is 0.632. The standard InChI is InChI=1S/C55H68/c1-16-53(14,17-2)37-29-38(54(15,18-3)19-4)31-55(30-37)44-23-21-39-48(46(44)42-27-35(9)45-34(8)25-33(7)26-41(45)47(42)55)52(12,13)50-40-28-36(24-32(5)6)20-22-43(40)51(10,11)49(39)50/h20-23,25-30,32H,16-19,24,31H2,1-15H3. The van der Waals surface area contributed by atoms with Gasteiger partial charge in [0.05, 0.1) is 0 Å². The molecule has 0 N–H and O–H groups in total. The van der Waals surface area contributed by atoms with Crippen molar-refractivity contribution in [3.8, 4) is 11.1 Å². The molecular weight excluding hydrogens is 661 g/mol. The number of fused-ring (bicyclic) bond motifs is 12. The first-order valence-electron chi connectivity index (χ1n) is 21.9. The summed E-state index contributed by atoms with van der Waals surface area (Å²) in [5.41, 5.74) is 23.9. The predicted molar refractivity (Wildman–Crippen MR) is 240 cm³/mol. The van der Waals surface area contributed by atoms with Gasteiger partial charge in [0.2, 0.25) is 0 Å². The molecule has 0 aliphatic heterocycles. The molecule has 1 spiro atoms. The number of hydrogen-bond acceptors (Lipinski definition) is 0. The van der Waals surface area contributed by atoms with Gasteiger partial charge in [-0.2, -0.15) is 0 Å². The van der Waals surface area contributed by atoms with Crippen LogP contribution >= 0.6 is 0 Å². The van der Waals surface area contributed by atoms with Crippen LogP contribution in [0.1, 0.15) is 171 Å². The highest BCUT2D eigenvalue weighted by atomic mass is 14.6. The smallest absolute Gasteiger partial charge is 0.0443 e. The second-order valence-electron chi connectivity index (χ2n) is 20.5. The summed E-state index contributed by atoms with van der Waals surface area (Å²) in [6.07, 6.45) is 12.3. The van der Waals surface area contributed by atoms with E-state index in [4.69, 9.17) is 0 Å². The van der Waals surface area contributed by atoms with Crippen molar-refractivity contribution in [1.29, 1.82) is 0 Å². The normalized spacial score (nSPS) is 20.5. The van der Waals surface area contributed by atoms with Gasteiger partial charge in [0.15, 0.2) is 0 Å². The molecule has 0 heteroatoms. The van der Waals surface area contributed by atoms with Gasteiger partial charge in [-0.15, -0.1) is 0 Å². The maximum absolute atomic E-state index is 2.82. The lowest BCUT2D eigenvalue weighted by atomic mass is 9.59. The third kappa shape index (κ3) is 5.07. The molecule has 0 saturated heterocycles. The Morgan fingerprint density at radius 3 is 1.91 bits per heavy atom. The summed E-state index contributed by atoms with van der Waals surface area (Å²) in [6.45, 7) is 36.6. The van der Waals surface area contributed by atoms with Crippen molar-refractivity contribution in [2.45, 2.75) is 159 Å². The van der Waals surface area contributed by atoms with E-state index in [-0.39, 0.29) is 27.1 Å². The molecule has 0 fully saturated rings. The summed E-state index contributed by atoms with van der Waals surface area (Å²) in [7, 11) is 0. The van der Waals surface area contributed by atoms with Gasteiger partial charge in [-0.05, 0) is 165 Å². The number of benzene rings is 4. The summed E-state index contributed by atoms with van der Waals surface area (Å²) in [4.78, 5) is 0. The Kier molecular flexibility index (Phi) is 8.64. The third-order valence-corrected chi connectivity index (χ3v) is 16.0. The topological polar surface area (TPSA) is 0 Å². The van der Waals surface area contributed by atoms with Crippen molar-refractivity contribution in [3.63, 3.8) is 0 Å². The minimum Gasteiger partial charge on any atom is -0.0654 e. The second kappa shape index (κ2) is 12.4. The van der Waals surface area contributed by atoms with Crippen molar-refractivity contribution in [2.24, 2.45) is 16.7 Å². The van der Waals surface area contributed by atoms with Crippen molar-refractivity contribution >= 4 is 21.9 Å². The molecule has 4 aliphatic carbocycles. The number of hydrogen-bond donors (Lipinski definition) is 0. The van der Waals surface area contributed by atoms with Crippen LogP contribution in [0.3, 0.4) is 0 Å². The fourth-order valence-electron chi connectivity index (χ4n) is 12.2. The van der Waals surface area contributed by atoms with E-state index < -0.39 is 0 Å². The van der Waals surface area contributed by atoms with Crippen LogP contribution in [0.25, 0.3) is 33.0 Å². The zero-order valence-electron chi connectivity index (χ0n) is 37.1. The van der Waals surface area contributed by atoms with Crippen LogP contribution in [-0.2, 0) is 22.7 Å². The van der Waals surface area contributed by atoms with Gasteiger partial charge in [-0.25, -0.2) is 0 Å². The zero-order valence-corrected chi connectivity index (χ0v) is 37.1. The SMILES string of the molecule is CCC(C)(CC)C1=CC2(CC(C(C)(CC)CC)=C1)c1ccc3c(c1-c1cc(C)c4c(C)cc(C)cc4c12)C(C)(C)C1=C3C(C)(C)c2ccc(CC(C)C)cc21. The van der Waals surface area contributed by atoms with E-state index in [0.717, 1.165) is 38.5 Å². The monoisotopic (exact) mass is 729 g/mol. The van der Waals surface area contributed by atoms with Gasteiger partial charge in [0.25, 0.3) is 0 Å². The molecule has 0 aromatic heterocycles. The van der Waals surface area contributed by atoms with Crippen LogP contribution in [0.5, 0.6) is 0 Å². The van der Waals surface area contributed by atoms with E-state index >= 15 is 0 Å². The third-order valence-electron chi connectivity index (χ3n) is 16.0. The first-order chi connectivity index (χ1) is 25.8. The highest BCUT2D eigenvalue weighted by molar-refractivity contribution is 6.13. The van der Waals surface area contributed by atoms with Crippen LogP contribution in [0, 0.1) is 37.5 Å². The number of rotatable bonds is 8. The summed E-state index contributed by atoms with van der Waals surface area (Å²) in [5, 5.41) is 2.92. The average molecular weight is 729 g/mol. The molecule has 55 heavy (non-hydrogen) atoms. The molecule has 1 atom stereocenters. The van der Waals surface area contributed by atoms with Gasteiger partial charge in [0.1, 0.15) is 0 Å². The van der Waals surface area contributed by atoms with E-state index in [1.165, 1.54) is 60.8 Å². The molecule has 4 aliphatic rings. The number of allylic oxidation sites excluding steroid dienone is 6. The van der Waals surface area contributed by atoms with E-state index in [2.05, 4.69) is 165 Å². The van der Waals surface area contributed by atoms with Gasteiger partial charge < -0.3 is 0 Å². The fourth-order valence-corrected chi connectivity index (χ4v) is 12.2. The van der Waals surface area contributed by atoms with Crippen molar-refractivity contribution < 1.29 is 0 Å². The molecule has 4 aromatic carbocycles. The van der Waals surface area contributed by atoms with E-state index in [1.54, 1.807) is 39.0 Å². The van der Waals surface area contributed by atoms with Crippen LogP contribution < -0.4 is 0 Å². The lowest BCUT2D eigenvalue weighted by Crippen LogP contribution is -2.34. The van der Waals surface area contributed by atoms with Crippen molar-refractivity contribution in [3.05, 3.63) is 127 Å². The Balaban J connectivity index is 1.50. The van der Waals surface area contributed by atoms with Crippen LogP contribution in [0.2, 0.25) is 0 Å². The first-order valence-corrected chi connectivity index (χ1v) is 21.9. The Bertz CT molecular complexity index is 2380. The zero-order chi connectivity index (χ0) is 39.8. The molecule has 0 saturated carbocycles. The second-order valence-corrected chi connectivity index (χ2v) is 20.5. The van der Waals surface area contributed by atoms with E-state index in [9.17, 15) is 0 Å². The molecular formula is C55H68. The minimum atomic E-state index is -0.247. The summed E-state index contributed by atoms with van der Waals surface area (Å²) >= 11 is 0. The largest absolute Gasteiger partial charge is 0.0654 e. The predicted octanol–water partition coefficient (Wildman–Crippen LogP) is 15.6. The Labute approximate surface area is 334 Å². The van der Waals surface area contributed by atoms with Gasteiger partial charge in [-0.3, -0.25) is 0 Å². The van der Waals surface area contributed by atoms with E-state index in [0.29, 0.717) is 5.92 Å². The average Bonchev–Trinajstić information content (AvgIpc) is 3.64. The molecule has 0 amide bonds. The van der Waals surface area contributed by atoms with Gasteiger partial charge >= 0.3 is 0 Å². The molecule has 1 unspecified atom stereocenters. The van der Waals surface area contributed by atoms with E-state index in [1.807, 2.05) is 0 Å². The molecule has 0 nitrogen and oxygen atoms in total. The Morgan fingerprint density at radius 2 is 1.27 bits per heavy atom. The lowest BCUT2D eigenvalue weighted by Gasteiger charge is -2.44. The molecule has 0 heterocycles. The highest BCUT2D eigenvalue weighted by Gasteiger charge is 2.55. The Hall–Kier alpha value is -3.64. The van der Waals surface area contributed by atoms with Crippen LogP contribution in [0.15, 0.2) is 71.8 Å². The highest BCUT2D eigenvalue weighted by Crippen LogP contribution is 2.68. The van der Waals surface area contributed by atoms with Crippen molar-refractivity contribution in [2.75, 3.05) is 0 Å². The molecule has 8 rings (SSSR count). The molecule has 0 radical (unpaired) electrons. The summed E-state index contributed by atoms with van der Waals surface area (Å²) < 4.78 is 0. The fraction of sp³-hybridized carbons (Fsp3) is 0.491. The van der Waals surface area contributed by atoms with Crippen LogP contribution in [-0.4, -0.2) is 0 Å². The van der Waals surface area contributed by atoms with Gasteiger partial charge in [-0.1, -0.05) is 155 Å². The van der Waals surface area contributed by atoms with Crippen LogP contribution in [0.4, 0.5) is 0 Å². The molecule has 0 bridgehead atoms. The maximum Gasteiger partial charge on any atom is 0.0443 e. The maximum atomic E-state index is 2.82. The van der Waals surface area contributed by atoms with Gasteiger partial charge in [0, 0.05) is 16.2 Å². The van der Waals surface area contributed by atoms with Crippen molar-refractivity contribution in [1.82, 2.24) is 0 Å². The summed E-state index contributed by atoms with van der Waals surface area (Å²) in [6, 6.07) is 20.2. The minimum absolute atomic E-state index is 0.0631. The number of aryl methyl sites for hydroxylation is 3. The quantitative estimate of drug-likeness (QED) is 0.169. The molecule has 4 aromatic rings. The lowest BCUT2D eigenvalue weighted by molar-refractivity contribution is 0.328. The molecule has 288 valence electrons. The first kappa shape index (κ1) is 38.2.